The highest BCUT2D eigenvalue weighted by Crippen LogP contribution is 2.23. The number of carbonyl (C=O) groups excluding carboxylic acids is 1. The SMILES string of the molecule is CSc1ccc(C(CC(=O)O)NC(=O)Cc2ccccc2OC(C)C)cc1. The molecule has 0 saturated carbocycles. The molecule has 0 aliphatic heterocycles. The predicted molar refractivity (Wildman–Crippen MR) is 107 cm³/mol. The van der Waals surface area contributed by atoms with Crippen LogP contribution in [0.3, 0.4) is 0 Å². The van der Waals surface area contributed by atoms with Gasteiger partial charge in [-0.1, -0.05) is 30.3 Å². The average molecular weight is 388 g/mol. The number of benzene rings is 2. The Bertz CT molecular complexity index is 774. The zero-order valence-electron chi connectivity index (χ0n) is 15.8. The van der Waals surface area contributed by atoms with Crippen LogP contribution >= 0.6 is 11.8 Å². The summed E-state index contributed by atoms with van der Waals surface area (Å²) >= 11 is 1.61. The van der Waals surface area contributed by atoms with E-state index in [4.69, 9.17) is 4.74 Å². The Kier molecular flexibility index (Phi) is 7.73. The Balaban J connectivity index is 2.13. The summed E-state index contributed by atoms with van der Waals surface area (Å²) in [5.41, 5.74) is 1.55. The van der Waals surface area contributed by atoms with E-state index in [1.54, 1.807) is 11.8 Å². The Morgan fingerprint density at radius 2 is 1.78 bits per heavy atom. The lowest BCUT2D eigenvalue weighted by molar-refractivity contribution is -0.137. The van der Waals surface area contributed by atoms with Crippen molar-refractivity contribution in [2.24, 2.45) is 0 Å². The third-order valence-corrected chi connectivity index (χ3v) is 4.66. The minimum Gasteiger partial charge on any atom is -0.491 e. The van der Waals surface area contributed by atoms with Crippen LogP contribution in [0.15, 0.2) is 53.4 Å². The van der Waals surface area contributed by atoms with Gasteiger partial charge in [0.05, 0.1) is 25.0 Å². The van der Waals surface area contributed by atoms with Crippen LogP contribution in [0.25, 0.3) is 0 Å². The number of hydrogen-bond donors (Lipinski definition) is 2. The van der Waals surface area contributed by atoms with Gasteiger partial charge in [0.2, 0.25) is 5.91 Å². The molecule has 2 rings (SSSR count). The molecule has 0 bridgehead atoms. The molecular formula is C21H25NO4S. The summed E-state index contributed by atoms with van der Waals surface area (Å²) in [7, 11) is 0. The molecule has 2 N–H and O–H groups in total. The van der Waals surface area contributed by atoms with Crippen LogP contribution in [0, 0.1) is 0 Å². The van der Waals surface area contributed by atoms with E-state index in [9.17, 15) is 14.7 Å². The van der Waals surface area contributed by atoms with Gasteiger partial charge in [0.1, 0.15) is 5.75 Å². The summed E-state index contributed by atoms with van der Waals surface area (Å²) < 4.78 is 5.75. The van der Waals surface area contributed by atoms with Gasteiger partial charge in [-0.15, -0.1) is 11.8 Å². The summed E-state index contributed by atoms with van der Waals surface area (Å²) in [6.45, 7) is 3.86. The summed E-state index contributed by atoms with van der Waals surface area (Å²) in [5.74, 6) is -0.533. The maximum atomic E-state index is 12.6. The fourth-order valence-electron chi connectivity index (χ4n) is 2.70. The Hall–Kier alpha value is -2.47. The minimum atomic E-state index is -0.960. The standard InChI is InChI=1S/C21H25NO4S/c1-14(2)26-19-7-5-4-6-16(19)12-20(23)22-18(13-21(24)25)15-8-10-17(27-3)11-9-15/h4-11,14,18H,12-13H2,1-3H3,(H,22,23)(H,24,25). The summed E-state index contributed by atoms with van der Waals surface area (Å²) in [6, 6.07) is 14.4. The Labute approximate surface area is 164 Å². The number of hydrogen-bond acceptors (Lipinski definition) is 4. The average Bonchev–Trinajstić information content (AvgIpc) is 2.62. The monoisotopic (exact) mass is 387 g/mol. The van der Waals surface area contributed by atoms with E-state index >= 15 is 0 Å². The molecule has 144 valence electrons. The number of rotatable bonds is 9. The van der Waals surface area contributed by atoms with Crippen molar-refractivity contribution < 1.29 is 19.4 Å². The molecule has 0 aliphatic rings. The quantitative estimate of drug-likeness (QED) is 0.635. The first-order valence-corrected chi connectivity index (χ1v) is 10.0. The van der Waals surface area contributed by atoms with Crippen LogP contribution < -0.4 is 10.1 Å². The van der Waals surface area contributed by atoms with Gasteiger partial charge < -0.3 is 15.2 Å². The van der Waals surface area contributed by atoms with Crippen molar-refractivity contribution in [2.45, 2.75) is 43.7 Å². The van der Waals surface area contributed by atoms with Gasteiger partial charge in [0.25, 0.3) is 0 Å². The van der Waals surface area contributed by atoms with Crippen molar-refractivity contribution in [3.05, 3.63) is 59.7 Å². The second-order valence-corrected chi connectivity index (χ2v) is 7.32. The maximum absolute atomic E-state index is 12.6. The molecule has 0 fully saturated rings. The molecule has 0 aliphatic carbocycles. The lowest BCUT2D eigenvalue weighted by Gasteiger charge is -2.19. The highest BCUT2D eigenvalue weighted by Gasteiger charge is 2.19. The minimum absolute atomic E-state index is 0.00363. The van der Waals surface area contributed by atoms with Gasteiger partial charge in [0, 0.05) is 10.5 Å². The van der Waals surface area contributed by atoms with Crippen molar-refractivity contribution in [2.75, 3.05) is 6.26 Å². The van der Waals surface area contributed by atoms with E-state index in [2.05, 4.69) is 5.32 Å². The van der Waals surface area contributed by atoms with E-state index in [1.165, 1.54) is 0 Å². The number of carboxylic acids is 1. The first-order chi connectivity index (χ1) is 12.9. The molecule has 5 nitrogen and oxygen atoms in total. The zero-order valence-corrected chi connectivity index (χ0v) is 16.6. The number of para-hydroxylation sites is 1. The molecule has 0 heterocycles. The molecule has 0 aromatic heterocycles. The molecular weight excluding hydrogens is 362 g/mol. The van der Waals surface area contributed by atoms with Gasteiger partial charge in [-0.2, -0.15) is 0 Å². The van der Waals surface area contributed by atoms with E-state index in [1.807, 2.05) is 68.6 Å². The summed E-state index contributed by atoms with van der Waals surface area (Å²) in [5, 5.41) is 12.1. The molecule has 2 aromatic rings. The second kappa shape index (κ2) is 10.0. The molecule has 0 spiro atoms. The van der Waals surface area contributed by atoms with Crippen LogP contribution in [0.1, 0.15) is 37.4 Å². The number of carbonyl (C=O) groups is 2. The highest BCUT2D eigenvalue weighted by molar-refractivity contribution is 7.98. The van der Waals surface area contributed by atoms with Crippen LogP contribution in [0.4, 0.5) is 0 Å². The van der Waals surface area contributed by atoms with Crippen LogP contribution in [-0.2, 0) is 16.0 Å². The Morgan fingerprint density at radius 1 is 1.11 bits per heavy atom. The van der Waals surface area contributed by atoms with Crippen molar-refractivity contribution in [3.8, 4) is 5.75 Å². The van der Waals surface area contributed by atoms with Crippen LogP contribution in [-0.4, -0.2) is 29.3 Å². The second-order valence-electron chi connectivity index (χ2n) is 6.44. The smallest absolute Gasteiger partial charge is 0.305 e. The number of thioether (sulfide) groups is 1. The zero-order chi connectivity index (χ0) is 19.8. The summed E-state index contributed by atoms with van der Waals surface area (Å²) in [6.07, 6.45) is 1.93. The van der Waals surface area contributed by atoms with Gasteiger partial charge in [-0.05, 0) is 43.9 Å². The largest absolute Gasteiger partial charge is 0.491 e. The van der Waals surface area contributed by atoms with Crippen molar-refractivity contribution in [1.82, 2.24) is 5.32 Å². The van der Waals surface area contributed by atoms with Crippen LogP contribution in [0.5, 0.6) is 5.75 Å². The lowest BCUT2D eigenvalue weighted by Crippen LogP contribution is -2.31. The highest BCUT2D eigenvalue weighted by atomic mass is 32.2. The van der Waals surface area contributed by atoms with Gasteiger partial charge >= 0.3 is 5.97 Å². The Morgan fingerprint density at radius 3 is 2.37 bits per heavy atom. The number of carboxylic acid groups (broad SMARTS) is 1. The number of nitrogens with one attached hydrogen (secondary N) is 1. The number of amides is 1. The topological polar surface area (TPSA) is 75.6 Å². The molecule has 0 saturated heterocycles. The maximum Gasteiger partial charge on any atom is 0.305 e. The van der Waals surface area contributed by atoms with E-state index in [0.29, 0.717) is 5.75 Å². The van der Waals surface area contributed by atoms with Gasteiger partial charge in [-0.25, -0.2) is 0 Å². The fraction of sp³-hybridized carbons (Fsp3) is 0.333. The molecule has 1 atom stereocenters. The first-order valence-electron chi connectivity index (χ1n) is 8.78. The predicted octanol–water partition coefficient (Wildman–Crippen LogP) is 4.07. The molecule has 6 heteroatoms. The van der Waals surface area contributed by atoms with Gasteiger partial charge in [0.15, 0.2) is 0 Å². The molecule has 1 amide bonds. The van der Waals surface area contributed by atoms with Crippen LogP contribution in [0.2, 0.25) is 0 Å². The van der Waals surface area contributed by atoms with E-state index < -0.39 is 12.0 Å². The fourth-order valence-corrected chi connectivity index (χ4v) is 3.11. The van der Waals surface area contributed by atoms with Crippen molar-refractivity contribution in [3.63, 3.8) is 0 Å². The van der Waals surface area contributed by atoms with Crippen molar-refractivity contribution in [1.29, 1.82) is 0 Å². The third-order valence-electron chi connectivity index (χ3n) is 3.92. The molecule has 0 radical (unpaired) electrons. The number of aliphatic carboxylic acids is 1. The molecule has 1 unspecified atom stereocenters. The normalized spacial score (nSPS) is 11.9. The molecule has 27 heavy (non-hydrogen) atoms. The van der Waals surface area contributed by atoms with E-state index in [0.717, 1.165) is 16.0 Å². The molecule has 2 aromatic carbocycles. The van der Waals surface area contributed by atoms with E-state index in [-0.39, 0.29) is 24.9 Å². The van der Waals surface area contributed by atoms with Gasteiger partial charge in [-0.3, -0.25) is 9.59 Å². The first kappa shape index (κ1) is 20.8. The van der Waals surface area contributed by atoms with Crippen molar-refractivity contribution >= 4 is 23.6 Å². The summed E-state index contributed by atoms with van der Waals surface area (Å²) in [4.78, 5) is 24.9. The number of ether oxygens (including phenoxy) is 1. The lowest BCUT2D eigenvalue weighted by atomic mass is 10.0. The third kappa shape index (κ3) is 6.64.